The highest BCUT2D eigenvalue weighted by Crippen LogP contribution is 2.26. The number of hydrogen-bond donors (Lipinski definition) is 1. The molecule has 2 rings (SSSR count). The molecule has 0 aromatic heterocycles. The number of hydrogen-bond acceptors (Lipinski definition) is 2. The third-order valence-electron chi connectivity index (χ3n) is 3.81. The van der Waals surface area contributed by atoms with Gasteiger partial charge in [-0.25, -0.2) is 0 Å². The van der Waals surface area contributed by atoms with Gasteiger partial charge in [0, 0.05) is 12.6 Å². The summed E-state index contributed by atoms with van der Waals surface area (Å²) in [6.07, 6.45) is 4.99. The van der Waals surface area contributed by atoms with Crippen molar-refractivity contribution in [2.75, 3.05) is 13.2 Å². The van der Waals surface area contributed by atoms with Gasteiger partial charge < -0.3 is 10.1 Å². The van der Waals surface area contributed by atoms with E-state index >= 15 is 0 Å². The molecular formula is C16H25NO. The van der Waals surface area contributed by atoms with Crippen LogP contribution in [0.3, 0.4) is 0 Å². The predicted octanol–water partition coefficient (Wildman–Crippen LogP) is 3.47. The quantitative estimate of drug-likeness (QED) is 0.831. The Morgan fingerprint density at radius 1 is 1.33 bits per heavy atom. The van der Waals surface area contributed by atoms with Gasteiger partial charge in [0.2, 0.25) is 0 Å². The second kappa shape index (κ2) is 6.91. The third-order valence-corrected chi connectivity index (χ3v) is 3.81. The number of fused-ring (bicyclic) bond motifs is 1. The van der Waals surface area contributed by atoms with Crippen LogP contribution in [0, 0.1) is 0 Å². The molecule has 0 aliphatic carbocycles. The van der Waals surface area contributed by atoms with Crippen LogP contribution in [-0.2, 0) is 11.2 Å². The van der Waals surface area contributed by atoms with Crippen LogP contribution < -0.4 is 5.32 Å². The molecule has 0 amide bonds. The molecule has 1 aliphatic rings. The molecule has 0 fully saturated rings. The molecule has 0 spiro atoms. The molecule has 1 aliphatic heterocycles. The summed E-state index contributed by atoms with van der Waals surface area (Å²) < 4.78 is 5.91. The van der Waals surface area contributed by atoms with E-state index in [-0.39, 0.29) is 6.10 Å². The van der Waals surface area contributed by atoms with E-state index in [4.69, 9.17) is 4.74 Å². The molecule has 2 nitrogen and oxygen atoms in total. The molecule has 18 heavy (non-hydrogen) atoms. The summed E-state index contributed by atoms with van der Waals surface area (Å²) in [6, 6.07) is 9.31. The monoisotopic (exact) mass is 247 g/mol. The Morgan fingerprint density at radius 3 is 2.94 bits per heavy atom. The van der Waals surface area contributed by atoms with Crippen molar-refractivity contribution in [3.05, 3.63) is 35.4 Å². The third kappa shape index (κ3) is 3.33. The molecule has 1 N–H and O–H groups in total. The van der Waals surface area contributed by atoms with Crippen LogP contribution in [0.4, 0.5) is 0 Å². The van der Waals surface area contributed by atoms with Gasteiger partial charge in [-0.2, -0.15) is 0 Å². The van der Waals surface area contributed by atoms with E-state index in [9.17, 15) is 0 Å². The lowest BCUT2D eigenvalue weighted by molar-refractivity contribution is 0.0403. The molecule has 0 bridgehead atoms. The summed E-state index contributed by atoms with van der Waals surface area (Å²) in [5, 5.41) is 3.66. The lowest BCUT2D eigenvalue weighted by Gasteiger charge is -2.28. The first-order valence-electron chi connectivity index (χ1n) is 7.28. The molecule has 0 saturated carbocycles. The Labute approximate surface area is 111 Å². The van der Waals surface area contributed by atoms with Crippen molar-refractivity contribution in [3.8, 4) is 0 Å². The number of benzene rings is 1. The molecule has 1 aromatic carbocycles. The minimum absolute atomic E-state index is 0.237. The van der Waals surface area contributed by atoms with Crippen LogP contribution in [0.5, 0.6) is 0 Å². The van der Waals surface area contributed by atoms with Gasteiger partial charge in [-0.3, -0.25) is 0 Å². The van der Waals surface area contributed by atoms with E-state index < -0.39 is 0 Å². The average molecular weight is 247 g/mol. The molecule has 0 saturated heterocycles. The first-order valence-corrected chi connectivity index (χ1v) is 7.28. The van der Waals surface area contributed by atoms with Gasteiger partial charge in [0.15, 0.2) is 0 Å². The van der Waals surface area contributed by atoms with Crippen molar-refractivity contribution in [3.63, 3.8) is 0 Å². The smallest absolute Gasteiger partial charge is 0.0952 e. The van der Waals surface area contributed by atoms with Gasteiger partial charge in [-0.15, -0.1) is 0 Å². The Balaban J connectivity index is 1.94. The zero-order valence-electron chi connectivity index (χ0n) is 11.6. The van der Waals surface area contributed by atoms with Gasteiger partial charge in [0.1, 0.15) is 0 Å². The van der Waals surface area contributed by atoms with Gasteiger partial charge >= 0.3 is 0 Å². The maximum Gasteiger partial charge on any atom is 0.0952 e. The Morgan fingerprint density at radius 2 is 2.17 bits per heavy atom. The molecule has 2 unspecified atom stereocenters. The topological polar surface area (TPSA) is 21.3 Å². The van der Waals surface area contributed by atoms with Crippen molar-refractivity contribution >= 4 is 0 Å². The maximum atomic E-state index is 5.91. The minimum Gasteiger partial charge on any atom is -0.372 e. The second-order valence-corrected chi connectivity index (χ2v) is 5.11. The lowest BCUT2D eigenvalue weighted by atomic mass is 9.97. The van der Waals surface area contributed by atoms with E-state index in [1.165, 1.54) is 30.4 Å². The van der Waals surface area contributed by atoms with Crippen molar-refractivity contribution in [2.45, 2.75) is 51.7 Å². The zero-order chi connectivity index (χ0) is 12.8. The number of rotatable bonds is 6. The summed E-state index contributed by atoms with van der Waals surface area (Å²) in [7, 11) is 0. The van der Waals surface area contributed by atoms with E-state index in [1.807, 2.05) is 0 Å². The van der Waals surface area contributed by atoms with E-state index in [0.717, 1.165) is 19.6 Å². The molecule has 2 atom stereocenters. The maximum absolute atomic E-state index is 5.91. The molecular weight excluding hydrogens is 222 g/mol. The summed E-state index contributed by atoms with van der Waals surface area (Å²) in [4.78, 5) is 0. The molecule has 1 aromatic rings. The summed E-state index contributed by atoms with van der Waals surface area (Å²) >= 11 is 0. The highest BCUT2D eigenvalue weighted by molar-refractivity contribution is 5.31. The van der Waals surface area contributed by atoms with Gasteiger partial charge in [-0.05, 0) is 30.4 Å². The first-order chi connectivity index (χ1) is 8.85. The summed E-state index contributed by atoms with van der Waals surface area (Å²) in [5.74, 6) is 0. The highest BCUT2D eigenvalue weighted by atomic mass is 16.5. The largest absolute Gasteiger partial charge is 0.372 e. The van der Waals surface area contributed by atoms with E-state index in [1.54, 1.807) is 0 Å². The van der Waals surface area contributed by atoms with Crippen LogP contribution in [0.25, 0.3) is 0 Å². The molecule has 2 heteroatoms. The van der Waals surface area contributed by atoms with E-state index in [0.29, 0.717) is 6.04 Å². The normalized spacial score (nSPS) is 20.4. The van der Waals surface area contributed by atoms with Crippen LogP contribution in [0.2, 0.25) is 0 Å². The van der Waals surface area contributed by atoms with Gasteiger partial charge in [0.25, 0.3) is 0 Å². The SMILES string of the molecule is CCCC(CC)NCC1OCCc2ccccc21. The number of ether oxygens (including phenoxy) is 1. The summed E-state index contributed by atoms with van der Waals surface area (Å²) in [5.41, 5.74) is 2.83. The molecule has 1 heterocycles. The Kier molecular flexibility index (Phi) is 5.21. The van der Waals surface area contributed by atoms with Crippen LogP contribution in [0.1, 0.15) is 50.3 Å². The van der Waals surface area contributed by atoms with Gasteiger partial charge in [0.05, 0.1) is 12.7 Å². The Bertz CT molecular complexity index is 364. The number of nitrogens with one attached hydrogen (secondary N) is 1. The van der Waals surface area contributed by atoms with Crippen molar-refractivity contribution in [1.82, 2.24) is 5.32 Å². The summed E-state index contributed by atoms with van der Waals surface area (Å²) in [6.45, 7) is 6.29. The molecule has 0 radical (unpaired) electrons. The van der Waals surface area contributed by atoms with Gasteiger partial charge in [-0.1, -0.05) is 44.5 Å². The fourth-order valence-electron chi connectivity index (χ4n) is 2.72. The van der Waals surface area contributed by atoms with E-state index in [2.05, 4.69) is 43.4 Å². The first kappa shape index (κ1) is 13.6. The fourth-order valence-corrected chi connectivity index (χ4v) is 2.72. The fraction of sp³-hybridized carbons (Fsp3) is 0.625. The van der Waals surface area contributed by atoms with Crippen molar-refractivity contribution < 1.29 is 4.74 Å². The molecule has 100 valence electrons. The predicted molar refractivity (Wildman–Crippen MR) is 75.8 cm³/mol. The van der Waals surface area contributed by atoms with Crippen LogP contribution >= 0.6 is 0 Å². The highest BCUT2D eigenvalue weighted by Gasteiger charge is 2.20. The van der Waals surface area contributed by atoms with Crippen LogP contribution in [-0.4, -0.2) is 19.2 Å². The van der Waals surface area contributed by atoms with Crippen molar-refractivity contribution in [2.24, 2.45) is 0 Å². The van der Waals surface area contributed by atoms with Crippen LogP contribution in [0.15, 0.2) is 24.3 Å². The lowest BCUT2D eigenvalue weighted by Crippen LogP contribution is -2.34. The van der Waals surface area contributed by atoms with Crippen molar-refractivity contribution in [1.29, 1.82) is 0 Å². The zero-order valence-corrected chi connectivity index (χ0v) is 11.6. The second-order valence-electron chi connectivity index (χ2n) is 5.11. The average Bonchev–Trinajstić information content (AvgIpc) is 2.43. The standard InChI is InChI=1S/C16H25NO/c1-3-7-14(4-2)17-12-16-15-9-6-5-8-13(15)10-11-18-16/h5-6,8-9,14,16-17H,3-4,7,10-12H2,1-2H3. The Hall–Kier alpha value is -0.860. The minimum atomic E-state index is 0.237.